The van der Waals surface area contributed by atoms with E-state index in [9.17, 15) is 0 Å². The van der Waals surface area contributed by atoms with Gasteiger partial charge in [0.25, 0.3) is 0 Å². The second-order valence-corrected chi connectivity index (χ2v) is 3.40. The monoisotopic (exact) mass is 210 g/mol. The van der Waals surface area contributed by atoms with E-state index in [2.05, 4.69) is 11.1 Å². The largest absolute Gasteiger partial charge is 0.454 e. The normalized spacial score (nSPS) is 9.50. The highest BCUT2D eigenvalue weighted by Crippen LogP contribution is 2.23. The highest BCUT2D eigenvalue weighted by atomic mass is 16.5. The van der Waals surface area contributed by atoms with Crippen molar-refractivity contribution in [3.63, 3.8) is 0 Å². The van der Waals surface area contributed by atoms with Crippen LogP contribution in [-0.4, -0.2) is 4.98 Å². The first kappa shape index (κ1) is 10.2. The number of hydrogen-bond acceptors (Lipinski definition) is 3. The highest BCUT2D eigenvalue weighted by Gasteiger charge is 2.03. The van der Waals surface area contributed by atoms with Gasteiger partial charge in [0.15, 0.2) is 5.75 Å². The van der Waals surface area contributed by atoms with E-state index < -0.39 is 0 Å². The smallest absolute Gasteiger partial charge is 0.163 e. The summed E-state index contributed by atoms with van der Waals surface area (Å²) in [7, 11) is 0. The van der Waals surface area contributed by atoms with Gasteiger partial charge in [-0.2, -0.15) is 5.26 Å². The first-order valence-corrected chi connectivity index (χ1v) is 4.88. The number of pyridine rings is 1. The van der Waals surface area contributed by atoms with Crippen molar-refractivity contribution in [2.24, 2.45) is 0 Å². The van der Waals surface area contributed by atoms with E-state index >= 15 is 0 Å². The Labute approximate surface area is 93.9 Å². The lowest BCUT2D eigenvalue weighted by atomic mass is 10.2. The summed E-state index contributed by atoms with van der Waals surface area (Å²) in [5.74, 6) is 1.18. The maximum Gasteiger partial charge on any atom is 0.163 e. The molecule has 0 unspecified atom stereocenters. The van der Waals surface area contributed by atoms with Crippen molar-refractivity contribution in [3.8, 4) is 17.6 Å². The minimum absolute atomic E-state index is 0.480. The minimum Gasteiger partial charge on any atom is -0.454 e. The molecule has 0 spiro atoms. The summed E-state index contributed by atoms with van der Waals surface area (Å²) in [4.78, 5) is 3.93. The van der Waals surface area contributed by atoms with Crippen LogP contribution < -0.4 is 4.74 Å². The molecule has 0 aliphatic heterocycles. The molecule has 0 radical (unpaired) electrons. The van der Waals surface area contributed by atoms with Crippen LogP contribution in [0, 0.1) is 18.3 Å². The quantitative estimate of drug-likeness (QED) is 0.765. The van der Waals surface area contributed by atoms with Crippen LogP contribution in [0.1, 0.15) is 11.1 Å². The van der Waals surface area contributed by atoms with Crippen LogP contribution in [0.15, 0.2) is 42.7 Å². The van der Waals surface area contributed by atoms with E-state index in [1.165, 1.54) is 5.56 Å². The Morgan fingerprint density at radius 3 is 2.62 bits per heavy atom. The van der Waals surface area contributed by atoms with Crippen LogP contribution >= 0.6 is 0 Å². The molecular formula is C13H10N2O. The van der Waals surface area contributed by atoms with Gasteiger partial charge in [-0.1, -0.05) is 17.7 Å². The van der Waals surface area contributed by atoms with Gasteiger partial charge in [0.1, 0.15) is 11.8 Å². The maximum atomic E-state index is 8.88. The van der Waals surface area contributed by atoms with Gasteiger partial charge in [0.2, 0.25) is 0 Å². The number of rotatable bonds is 2. The zero-order valence-corrected chi connectivity index (χ0v) is 8.84. The minimum atomic E-state index is 0.480. The van der Waals surface area contributed by atoms with E-state index in [-0.39, 0.29) is 0 Å². The molecule has 1 aromatic heterocycles. The third-order valence-electron chi connectivity index (χ3n) is 2.15. The maximum absolute atomic E-state index is 8.88. The Morgan fingerprint density at radius 2 is 1.94 bits per heavy atom. The molecule has 0 aliphatic rings. The third kappa shape index (κ3) is 2.18. The molecule has 2 aromatic rings. The van der Waals surface area contributed by atoms with E-state index in [0.717, 1.165) is 0 Å². The molecule has 0 saturated carbocycles. The summed E-state index contributed by atoms with van der Waals surface area (Å²) in [5.41, 5.74) is 1.65. The van der Waals surface area contributed by atoms with Gasteiger partial charge in [-0.25, -0.2) is 0 Å². The van der Waals surface area contributed by atoms with Crippen LogP contribution in [0.3, 0.4) is 0 Å². The first-order chi connectivity index (χ1) is 7.79. The molecule has 1 heterocycles. The molecule has 0 atom stereocenters. The molecule has 1 aromatic carbocycles. The van der Waals surface area contributed by atoms with Gasteiger partial charge in [0.05, 0.1) is 11.8 Å². The molecule has 2 rings (SSSR count). The summed E-state index contributed by atoms with van der Waals surface area (Å²) in [6.07, 6.45) is 3.11. The Morgan fingerprint density at radius 1 is 1.19 bits per heavy atom. The standard InChI is InChI=1S/C13H10N2O/c1-10-2-4-12(5-3-10)16-13-9-15-7-6-11(13)8-14/h2-7,9H,1H3. The van der Waals surface area contributed by atoms with Crippen LogP contribution in [0.4, 0.5) is 0 Å². The van der Waals surface area contributed by atoms with Crippen LogP contribution in [0.2, 0.25) is 0 Å². The fourth-order valence-corrected chi connectivity index (χ4v) is 1.29. The van der Waals surface area contributed by atoms with Gasteiger partial charge in [-0.05, 0) is 25.1 Å². The van der Waals surface area contributed by atoms with E-state index in [1.54, 1.807) is 18.5 Å². The summed E-state index contributed by atoms with van der Waals surface area (Å²) < 4.78 is 5.57. The molecule has 78 valence electrons. The Balaban J connectivity index is 2.27. The van der Waals surface area contributed by atoms with Crippen molar-refractivity contribution in [1.82, 2.24) is 4.98 Å². The molecule has 3 nitrogen and oxygen atoms in total. The summed E-state index contributed by atoms with van der Waals surface area (Å²) in [6, 6.07) is 11.3. The molecule has 0 saturated heterocycles. The van der Waals surface area contributed by atoms with Crippen LogP contribution in [0.5, 0.6) is 11.5 Å². The van der Waals surface area contributed by atoms with Gasteiger partial charge in [-0.3, -0.25) is 4.98 Å². The second-order valence-electron chi connectivity index (χ2n) is 3.40. The molecule has 0 bridgehead atoms. The predicted molar refractivity (Wildman–Crippen MR) is 60.2 cm³/mol. The Hall–Kier alpha value is -2.34. The predicted octanol–water partition coefficient (Wildman–Crippen LogP) is 3.05. The van der Waals surface area contributed by atoms with Crippen LogP contribution in [-0.2, 0) is 0 Å². The number of nitriles is 1. The molecule has 16 heavy (non-hydrogen) atoms. The zero-order chi connectivity index (χ0) is 11.4. The van der Waals surface area contributed by atoms with Crippen molar-refractivity contribution >= 4 is 0 Å². The third-order valence-corrected chi connectivity index (χ3v) is 2.15. The number of nitrogens with zero attached hydrogens (tertiary/aromatic N) is 2. The number of benzene rings is 1. The van der Waals surface area contributed by atoms with Crippen molar-refractivity contribution in [2.75, 3.05) is 0 Å². The van der Waals surface area contributed by atoms with E-state index in [0.29, 0.717) is 17.1 Å². The molecule has 3 heteroatoms. The number of aromatic nitrogens is 1. The van der Waals surface area contributed by atoms with E-state index in [4.69, 9.17) is 10.00 Å². The van der Waals surface area contributed by atoms with Gasteiger partial charge < -0.3 is 4.74 Å². The Bertz CT molecular complexity index is 526. The average molecular weight is 210 g/mol. The number of ether oxygens (including phenoxy) is 1. The average Bonchev–Trinajstić information content (AvgIpc) is 2.33. The lowest BCUT2D eigenvalue weighted by Gasteiger charge is -2.06. The van der Waals surface area contributed by atoms with Crippen molar-refractivity contribution in [1.29, 1.82) is 5.26 Å². The van der Waals surface area contributed by atoms with Gasteiger partial charge >= 0.3 is 0 Å². The van der Waals surface area contributed by atoms with Crippen molar-refractivity contribution < 1.29 is 4.74 Å². The molecule has 0 fully saturated rings. The SMILES string of the molecule is Cc1ccc(Oc2cnccc2C#N)cc1. The summed E-state index contributed by atoms with van der Waals surface area (Å²) in [6.45, 7) is 2.01. The molecule has 0 N–H and O–H groups in total. The fourth-order valence-electron chi connectivity index (χ4n) is 1.29. The molecule has 0 amide bonds. The van der Waals surface area contributed by atoms with Crippen molar-refractivity contribution in [3.05, 3.63) is 53.9 Å². The highest BCUT2D eigenvalue weighted by molar-refractivity contribution is 5.43. The number of aryl methyl sites for hydroxylation is 1. The van der Waals surface area contributed by atoms with Crippen molar-refractivity contribution in [2.45, 2.75) is 6.92 Å². The van der Waals surface area contributed by atoms with Gasteiger partial charge in [-0.15, -0.1) is 0 Å². The fraction of sp³-hybridized carbons (Fsp3) is 0.0769. The second kappa shape index (κ2) is 4.45. The first-order valence-electron chi connectivity index (χ1n) is 4.88. The molecule has 0 aliphatic carbocycles. The van der Waals surface area contributed by atoms with Gasteiger partial charge in [0, 0.05) is 6.20 Å². The lowest BCUT2D eigenvalue weighted by molar-refractivity contribution is 0.478. The summed E-state index contributed by atoms with van der Waals surface area (Å²) >= 11 is 0. The van der Waals surface area contributed by atoms with E-state index in [1.807, 2.05) is 31.2 Å². The van der Waals surface area contributed by atoms with Crippen LogP contribution in [0.25, 0.3) is 0 Å². The zero-order valence-electron chi connectivity index (χ0n) is 8.84. The molecular weight excluding hydrogens is 200 g/mol. The summed E-state index contributed by atoms with van der Waals surface area (Å²) in [5, 5.41) is 8.88. The Kier molecular flexibility index (Phi) is 2.84. The topological polar surface area (TPSA) is 45.9 Å². The lowest BCUT2D eigenvalue weighted by Crippen LogP contribution is -1.89. The number of hydrogen-bond donors (Lipinski definition) is 0.